The summed E-state index contributed by atoms with van der Waals surface area (Å²) in [6.45, 7) is 2.99. The number of fused-ring (bicyclic) bond motifs is 1. The van der Waals surface area contributed by atoms with Crippen LogP contribution in [-0.4, -0.2) is 50.0 Å². The van der Waals surface area contributed by atoms with Gasteiger partial charge in [0.1, 0.15) is 0 Å². The Morgan fingerprint density at radius 3 is 2.94 bits per heavy atom. The molecule has 4 heterocycles. The molecule has 0 spiro atoms. The highest BCUT2D eigenvalue weighted by Gasteiger charge is 2.30. The molecule has 1 aromatic carbocycles. The minimum absolute atomic E-state index is 0.0155. The van der Waals surface area contributed by atoms with Gasteiger partial charge in [-0.3, -0.25) is 4.79 Å². The zero-order chi connectivity index (χ0) is 21.2. The summed E-state index contributed by atoms with van der Waals surface area (Å²) in [5.41, 5.74) is 2.40. The highest BCUT2D eigenvalue weighted by atomic mass is 16.5. The van der Waals surface area contributed by atoms with Crippen molar-refractivity contribution in [2.45, 2.75) is 32.2 Å². The number of piperidine rings is 1. The van der Waals surface area contributed by atoms with Gasteiger partial charge in [0.25, 0.3) is 17.8 Å². The van der Waals surface area contributed by atoms with Gasteiger partial charge < -0.3 is 19.2 Å². The second-order valence-corrected chi connectivity index (χ2v) is 7.57. The van der Waals surface area contributed by atoms with E-state index in [1.165, 1.54) is 0 Å². The predicted octanol–water partition coefficient (Wildman–Crippen LogP) is 3.69. The van der Waals surface area contributed by atoms with E-state index in [2.05, 4.69) is 25.4 Å². The molecule has 0 bridgehead atoms. The van der Waals surface area contributed by atoms with Crippen LogP contribution in [0.1, 0.15) is 35.4 Å². The van der Waals surface area contributed by atoms with E-state index < -0.39 is 0 Å². The van der Waals surface area contributed by atoms with Crippen LogP contribution in [0, 0.1) is 6.92 Å². The summed E-state index contributed by atoms with van der Waals surface area (Å²) in [6.07, 6.45) is 4.62. The van der Waals surface area contributed by atoms with Gasteiger partial charge in [-0.2, -0.15) is 9.97 Å². The second-order valence-electron chi connectivity index (χ2n) is 7.57. The number of rotatable bonds is 5. The standard InChI is InChI=1S/C22H22N6O3/c1-14-25-20(31-27-14)16-8-2-3-9-17(16)21(29)28-12-5-4-7-15(28)13-24-22-26-19-18(30-22)10-6-11-23-19/h2-3,6,8-11,15H,4-5,7,12-13H2,1H3,(H,23,24,26)/t15-/m0/s1. The number of oxazole rings is 1. The van der Waals surface area contributed by atoms with Crippen molar-refractivity contribution >= 4 is 23.2 Å². The lowest BCUT2D eigenvalue weighted by Crippen LogP contribution is -2.47. The molecule has 1 atom stereocenters. The number of hydrogen-bond donors (Lipinski definition) is 1. The van der Waals surface area contributed by atoms with Gasteiger partial charge in [-0.25, -0.2) is 4.98 Å². The van der Waals surface area contributed by atoms with Gasteiger partial charge in [0.15, 0.2) is 11.4 Å². The number of aryl methyl sites for hydroxylation is 1. The van der Waals surface area contributed by atoms with Gasteiger partial charge in [-0.15, -0.1) is 0 Å². The number of anilines is 1. The maximum Gasteiger partial charge on any atom is 0.297 e. The van der Waals surface area contributed by atoms with Crippen molar-refractivity contribution in [2.24, 2.45) is 0 Å². The van der Waals surface area contributed by atoms with Gasteiger partial charge in [0.05, 0.1) is 11.1 Å². The van der Waals surface area contributed by atoms with Crippen LogP contribution in [0.4, 0.5) is 6.01 Å². The molecular formula is C22H22N6O3. The predicted molar refractivity (Wildman–Crippen MR) is 113 cm³/mol. The van der Waals surface area contributed by atoms with Crippen molar-refractivity contribution in [1.82, 2.24) is 25.0 Å². The topological polar surface area (TPSA) is 110 Å². The molecule has 0 saturated carbocycles. The highest BCUT2D eigenvalue weighted by molar-refractivity contribution is 6.00. The van der Waals surface area contributed by atoms with E-state index in [0.717, 1.165) is 19.3 Å². The zero-order valence-corrected chi connectivity index (χ0v) is 17.1. The first-order valence-electron chi connectivity index (χ1n) is 10.3. The molecule has 1 amide bonds. The number of carbonyl (C=O) groups is 1. The SMILES string of the molecule is Cc1noc(-c2ccccc2C(=O)N2CCCC[C@H]2CNc2nc3ncccc3o2)n1. The number of likely N-dealkylation sites (tertiary alicyclic amines) is 1. The van der Waals surface area contributed by atoms with Crippen molar-refractivity contribution < 1.29 is 13.7 Å². The molecule has 0 radical (unpaired) electrons. The fourth-order valence-corrected chi connectivity index (χ4v) is 3.95. The first-order chi connectivity index (χ1) is 15.2. The van der Waals surface area contributed by atoms with Crippen LogP contribution in [0.2, 0.25) is 0 Å². The zero-order valence-electron chi connectivity index (χ0n) is 17.1. The summed E-state index contributed by atoms with van der Waals surface area (Å²) in [5.74, 6) is 0.842. The maximum atomic E-state index is 13.5. The largest absolute Gasteiger partial charge is 0.422 e. The molecule has 4 aromatic rings. The van der Waals surface area contributed by atoms with Gasteiger partial charge in [0.2, 0.25) is 5.65 Å². The molecule has 1 N–H and O–H groups in total. The molecule has 1 fully saturated rings. The minimum atomic E-state index is -0.0443. The number of benzene rings is 1. The normalized spacial score (nSPS) is 16.5. The van der Waals surface area contributed by atoms with Crippen LogP contribution in [0.15, 0.2) is 51.5 Å². The molecule has 158 valence electrons. The van der Waals surface area contributed by atoms with Gasteiger partial charge >= 0.3 is 0 Å². The summed E-state index contributed by atoms with van der Waals surface area (Å²) >= 11 is 0. The Morgan fingerprint density at radius 2 is 2.10 bits per heavy atom. The lowest BCUT2D eigenvalue weighted by Gasteiger charge is -2.36. The van der Waals surface area contributed by atoms with Crippen LogP contribution in [0.3, 0.4) is 0 Å². The summed E-state index contributed by atoms with van der Waals surface area (Å²) < 4.78 is 11.0. The van der Waals surface area contributed by atoms with E-state index in [0.29, 0.717) is 53.2 Å². The average molecular weight is 418 g/mol. The third-order valence-electron chi connectivity index (χ3n) is 5.46. The molecule has 0 aliphatic carbocycles. The minimum Gasteiger partial charge on any atom is -0.422 e. The van der Waals surface area contributed by atoms with E-state index in [9.17, 15) is 4.79 Å². The van der Waals surface area contributed by atoms with Crippen LogP contribution in [-0.2, 0) is 0 Å². The van der Waals surface area contributed by atoms with Crippen molar-refractivity contribution in [3.63, 3.8) is 0 Å². The summed E-state index contributed by atoms with van der Waals surface area (Å²) in [4.78, 5) is 28.3. The number of pyridine rings is 1. The Hall–Kier alpha value is -3.75. The maximum absolute atomic E-state index is 13.5. The number of hydrogen-bond acceptors (Lipinski definition) is 8. The van der Waals surface area contributed by atoms with E-state index in [4.69, 9.17) is 8.94 Å². The van der Waals surface area contributed by atoms with Crippen LogP contribution in [0.5, 0.6) is 0 Å². The lowest BCUT2D eigenvalue weighted by molar-refractivity contribution is 0.0628. The molecule has 0 unspecified atom stereocenters. The fourth-order valence-electron chi connectivity index (χ4n) is 3.95. The number of nitrogens with zero attached hydrogens (tertiary/aromatic N) is 5. The number of amides is 1. The van der Waals surface area contributed by atoms with Gasteiger partial charge in [-0.1, -0.05) is 17.3 Å². The first kappa shape index (κ1) is 19.2. The number of carbonyl (C=O) groups excluding carboxylic acids is 1. The van der Waals surface area contributed by atoms with E-state index >= 15 is 0 Å². The van der Waals surface area contributed by atoms with Gasteiger partial charge in [0, 0.05) is 25.3 Å². The molecular weight excluding hydrogens is 396 g/mol. The Bertz CT molecular complexity index is 1180. The third-order valence-corrected chi connectivity index (χ3v) is 5.46. The fraction of sp³-hybridized carbons (Fsp3) is 0.318. The van der Waals surface area contributed by atoms with Crippen molar-refractivity contribution in [2.75, 3.05) is 18.4 Å². The molecule has 1 aliphatic heterocycles. The Kier molecular flexibility index (Phi) is 5.07. The van der Waals surface area contributed by atoms with Crippen molar-refractivity contribution in [1.29, 1.82) is 0 Å². The Morgan fingerprint density at radius 1 is 1.19 bits per heavy atom. The lowest BCUT2D eigenvalue weighted by atomic mass is 9.99. The van der Waals surface area contributed by atoms with Crippen LogP contribution in [0.25, 0.3) is 22.7 Å². The average Bonchev–Trinajstić information content (AvgIpc) is 3.43. The number of nitrogens with one attached hydrogen (secondary N) is 1. The Labute approximate surface area is 178 Å². The Balaban J connectivity index is 1.36. The summed E-state index contributed by atoms with van der Waals surface area (Å²) in [5, 5.41) is 7.10. The van der Waals surface area contributed by atoms with Crippen molar-refractivity contribution in [3.8, 4) is 11.5 Å². The molecule has 9 nitrogen and oxygen atoms in total. The van der Waals surface area contributed by atoms with Crippen LogP contribution < -0.4 is 5.32 Å². The smallest absolute Gasteiger partial charge is 0.297 e. The van der Waals surface area contributed by atoms with E-state index in [1.807, 2.05) is 35.2 Å². The quantitative estimate of drug-likeness (QED) is 0.522. The number of aromatic nitrogens is 4. The molecule has 5 rings (SSSR count). The van der Waals surface area contributed by atoms with E-state index in [-0.39, 0.29) is 11.9 Å². The summed E-state index contributed by atoms with van der Waals surface area (Å²) in [6, 6.07) is 11.4. The second kappa shape index (κ2) is 8.17. The monoisotopic (exact) mass is 418 g/mol. The molecule has 1 aliphatic rings. The molecule has 1 saturated heterocycles. The van der Waals surface area contributed by atoms with E-state index in [1.54, 1.807) is 19.2 Å². The first-order valence-corrected chi connectivity index (χ1v) is 10.3. The molecule has 3 aromatic heterocycles. The molecule has 9 heteroatoms. The van der Waals surface area contributed by atoms with Crippen molar-refractivity contribution in [3.05, 3.63) is 54.0 Å². The summed E-state index contributed by atoms with van der Waals surface area (Å²) in [7, 11) is 0. The third kappa shape index (κ3) is 3.86. The molecule has 31 heavy (non-hydrogen) atoms. The van der Waals surface area contributed by atoms with Crippen LogP contribution >= 0.6 is 0 Å². The highest BCUT2D eigenvalue weighted by Crippen LogP contribution is 2.27. The van der Waals surface area contributed by atoms with Gasteiger partial charge in [-0.05, 0) is 50.5 Å².